The van der Waals surface area contributed by atoms with E-state index in [1.54, 1.807) is 18.2 Å². The fraction of sp³-hybridized carbons (Fsp3) is 0.158. The summed E-state index contributed by atoms with van der Waals surface area (Å²) in [4.78, 5) is 12.6. The molecule has 132 valence electrons. The molecule has 6 nitrogen and oxygen atoms in total. The second-order valence-corrected chi connectivity index (χ2v) is 6.34. The summed E-state index contributed by atoms with van der Waals surface area (Å²) < 4.78 is 16.3. The van der Waals surface area contributed by atoms with E-state index in [-0.39, 0.29) is 12.3 Å². The van der Waals surface area contributed by atoms with Gasteiger partial charge in [0, 0.05) is 5.69 Å². The van der Waals surface area contributed by atoms with Gasteiger partial charge in [-0.25, -0.2) is 0 Å². The predicted octanol–water partition coefficient (Wildman–Crippen LogP) is 4.46. The van der Waals surface area contributed by atoms with Gasteiger partial charge in [0.25, 0.3) is 5.91 Å². The Kier molecular flexibility index (Phi) is 4.05. The Balaban J connectivity index is 1.64. The number of ether oxygens (including phenoxy) is 2. The van der Waals surface area contributed by atoms with Gasteiger partial charge in [0.05, 0.1) is 23.3 Å². The average molecular weight is 371 g/mol. The van der Waals surface area contributed by atoms with Crippen molar-refractivity contribution < 1.29 is 18.8 Å². The van der Waals surface area contributed by atoms with Crippen molar-refractivity contribution in [2.75, 3.05) is 12.4 Å². The number of nitrogens with one attached hydrogen (secondary N) is 1. The van der Waals surface area contributed by atoms with Gasteiger partial charge in [-0.05, 0) is 37.3 Å². The summed E-state index contributed by atoms with van der Waals surface area (Å²) in [6.07, 6.45) is 0. The standard InChI is InChI=1S/C19H15ClN2O4/c1-10-3-5-15-12(7-10)18-13(9-25-15)17(22-26-18)19(23)21-11-4-6-16(24-2)14(20)8-11/h3-8H,9H2,1-2H3,(H,21,23). The number of fused-ring (bicyclic) bond motifs is 3. The van der Waals surface area contributed by atoms with E-state index in [1.807, 2.05) is 25.1 Å². The molecule has 0 saturated heterocycles. The number of hydrogen-bond acceptors (Lipinski definition) is 5. The largest absolute Gasteiger partial charge is 0.495 e. The maximum atomic E-state index is 12.6. The maximum Gasteiger partial charge on any atom is 0.278 e. The van der Waals surface area contributed by atoms with Crippen molar-refractivity contribution in [3.8, 4) is 22.8 Å². The number of carbonyl (C=O) groups excluding carboxylic acids is 1. The highest BCUT2D eigenvalue weighted by Gasteiger charge is 2.29. The minimum absolute atomic E-state index is 0.194. The lowest BCUT2D eigenvalue weighted by Gasteiger charge is -2.16. The molecule has 0 radical (unpaired) electrons. The lowest BCUT2D eigenvalue weighted by atomic mass is 10.0. The van der Waals surface area contributed by atoms with Crippen LogP contribution in [0.25, 0.3) is 11.3 Å². The van der Waals surface area contributed by atoms with Crippen LogP contribution in [0.5, 0.6) is 11.5 Å². The second kappa shape index (κ2) is 6.38. The van der Waals surface area contributed by atoms with Gasteiger partial charge in [-0.15, -0.1) is 0 Å². The van der Waals surface area contributed by atoms with Crippen LogP contribution < -0.4 is 14.8 Å². The SMILES string of the molecule is COc1ccc(NC(=O)c2noc3c2COc2ccc(C)cc2-3)cc1Cl. The molecular formula is C19H15ClN2O4. The van der Waals surface area contributed by atoms with Crippen LogP contribution in [0.15, 0.2) is 40.9 Å². The van der Waals surface area contributed by atoms with Crippen molar-refractivity contribution in [2.45, 2.75) is 13.5 Å². The molecule has 4 rings (SSSR count). The van der Waals surface area contributed by atoms with Crippen LogP contribution >= 0.6 is 11.6 Å². The molecule has 1 aliphatic rings. The van der Waals surface area contributed by atoms with Crippen molar-refractivity contribution in [3.05, 3.63) is 58.2 Å². The van der Waals surface area contributed by atoms with Gasteiger partial charge in [-0.2, -0.15) is 0 Å². The number of amides is 1. The Bertz CT molecular complexity index is 1010. The molecule has 7 heteroatoms. The maximum absolute atomic E-state index is 12.6. The number of nitrogens with zero attached hydrogens (tertiary/aromatic N) is 1. The zero-order valence-corrected chi connectivity index (χ0v) is 14.9. The molecule has 1 amide bonds. The fourth-order valence-electron chi connectivity index (χ4n) is 2.86. The first kappa shape index (κ1) is 16.5. The number of anilines is 1. The Morgan fingerprint density at radius 3 is 2.88 bits per heavy atom. The van der Waals surface area contributed by atoms with Crippen molar-refractivity contribution >= 4 is 23.2 Å². The molecule has 0 spiro atoms. The quantitative estimate of drug-likeness (QED) is 0.737. The number of carbonyl (C=O) groups is 1. The van der Waals surface area contributed by atoms with Crippen LogP contribution in [-0.2, 0) is 6.61 Å². The summed E-state index contributed by atoms with van der Waals surface area (Å²) in [5.74, 6) is 1.42. The van der Waals surface area contributed by atoms with E-state index in [2.05, 4.69) is 10.5 Å². The molecule has 1 N–H and O–H groups in total. The molecule has 2 aromatic carbocycles. The first-order valence-electron chi connectivity index (χ1n) is 7.94. The third-order valence-electron chi connectivity index (χ3n) is 4.16. The van der Waals surface area contributed by atoms with E-state index < -0.39 is 5.91 Å². The lowest BCUT2D eigenvalue weighted by molar-refractivity contribution is 0.101. The van der Waals surface area contributed by atoms with Crippen molar-refractivity contribution in [3.63, 3.8) is 0 Å². The molecule has 3 aromatic rings. The highest BCUT2D eigenvalue weighted by atomic mass is 35.5. The summed E-state index contributed by atoms with van der Waals surface area (Å²) in [6, 6.07) is 10.8. The van der Waals surface area contributed by atoms with Gasteiger partial charge in [-0.3, -0.25) is 4.79 Å². The van der Waals surface area contributed by atoms with E-state index in [1.165, 1.54) is 7.11 Å². The number of aromatic nitrogens is 1. The van der Waals surface area contributed by atoms with Gasteiger partial charge >= 0.3 is 0 Å². The molecule has 26 heavy (non-hydrogen) atoms. The van der Waals surface area contributed by atoms with Gasteiger partial charge < -0.3 is 19.3 Å². The van der Waals surface area contributed by atoms with Crippen LogP contribution in [0.1, 0.15) is 21.6 Å². The first-order chi connectivity index (χ1) is 12.6. The average Bonchev–Trinajstić information content (AvgIpc) is 3.06. The van der Waals surface area contributed by atoms with E-state index in [4.69, 9.17) is 25.6 Å². The smallest absolute Gasteiger partial charge is 0.278 e. The van der Waals surface area contributed by atoms with Gasteiger partial charge in [0.1, 0.15) is 18.1 Å². The number of methoxy groups -OCH3 is 1. The van der Waals surface area contributed by atoms with Crippen molar-refractivity contribution in [2.24, 2.45) is 0 Å². The summed E-state index contributed by atoms with van der Waals surface area (Å²) in [6.45, 7) is 2.20. The van der Waals surface area contributed by atoms with Crippen molar-refractivity contribution in [1.82, 2.24) is 5.16 Å². The molecule has 0 fully saturated rings. The molecule has 0 saturated carbocycles. The van der Waals surface area contributed by atoms with E-state index in [0.29, 0.717) is 33.5 Å². The Hall–Kier alpha value is -2.99. The van der Waals surface area contributed by atoms with Crippen LogP contribution in [0, 0.1) is 6.92 Å². The number of hydrogen-bond donors (Lipinski definition) is 1. The zero-order chi connectivity index (χ0) is 18.3. The molecule has 0 aliphatic carbocycles. The molecule has 0 unspecified atom stereocenters. The fourth-order valence-corrected chi connectivity index (χ4v) is 3.12. The number of benzene rings is 2. The van der Waals surface area contributed by atoms with E-state index >= 15 is 0 Å². The van der Waals surface area contributed by atoms with Crippen molar-refractivity contribution in [1.29, 1.82) is 0 Å². The lowest BCUT2D eigenvalue weighted by Crippen LogP contribution is -2.16. The molecule has 1 aromatic heterocycles. The Morgan fingerprint density at radius 1 is 1.27 bits per heavy atom. The summed E-state index contributed by atoms with van der Waals surface area (Å²) >= 11 is 6.09. The molecule has 2 heterocycles. The van der Waals surface area contributed by atoms with Crippen LogP contribution in [0.4, 0.5) is 5.69 Å². The summed E-state index contributed by atoms with van der Waals surface area (Å²) in [5.41, 5.74) is 3.21. The van der Waals surface area contributed by atoms with E-state index in [0.717, 1.165) is 11.1 Å². The minimum atomic E-state index is -0.393. The number of aryl methyl sites for hydroxylation is 1. The minimum Gasteiger partial charge on any atom is -0.495 e. The molecular weight excluding hydrogens is 356 g/mol. The Labute approximate surface area is 154 Å². The highest BCUT2D eigenvalue weighted by molar-refractivity contribution is 6.32. The number of rotatable bonds is 3. The zero-order valence-electron chi connectivity index (χ0n) is 14.1. The topological polar surface area (TPSA) is 73.6 Å². The highest BCUT2D eigenvalue weighted by Crippen LogP contribution is 2.39. The Morgan fingerprint density at radius 2 is 2.12 bits per heavy atom. The molecule has 0 atom stereocenters. The monoisotopic (exact) mass is 370 g/mol. The van der Waals surface area contributed by atoms with Gasteiger partial charge in [0.2, 0.25) is 0 Å². The summed E-state index contributed by atoms with van der Waals surface area (Å²) in [5, 5.41) is 7.12. The first-order valence-corrected chi connectivity index (χ1v) is 8.32. The number of halogens is 1. The molecule has 1 aliphatic heterocycles. The van der Waals surface area contributed by atoms with Crippen LogP contribution in [0.3, 0.4) is 0 Å². The van der Waals surface area contributed by atoms with Gasteiger partial charge in [0.15, 0.2) is 11.5 Å². The third-order valence-corrected chi connectivity index (χ3v) is 4.46. The van der Waals surface area contributed by atoms with E-state index in [9.17, 15) is 4.79 Å². The van der Waals surface area contributed by atoms with Crippen LogP contribution in [0.2, 0.25) is 5.02 Å². The van der Waals surface area contributed by atoms with Crippen LogP contribution in [-0.4, -0.2) is 18.2 Å². The normalized spacial score (nSPS) is 12.0. The third kappa shape index (κ3) is 2.78. The summed E-state index contributed by atoms with van der Waals surface area (Å²) in [7, 11) is 1.53. The van der Waals surface area contributed by atoms with Gasteiger partial charge in [-0.1, -0.05) is 28.4 Å². The predicted molar refractivity (Wildman–Crippen MR) is 97.0 cm³/mol. The second-order valence-electron chi connectivity index (χ2n) is 5.93. The molecule has 0 bridgehead atoms.